The molecule has 0 aliphatic rings. The number of carbonyl (C=O) groups is 1. The van der Waals surface area contributed by atoms with Gasteiger partial charge in [0.15, 0.2) is 5.16 Å². The maximum Gasteiger partial charge on any atom is 0.306 e. The number of aromatic amines is 1. The van der Waals surface area contributed by atoms with Gasteiger partial charge in [0.25, 0.3) is 0 Å². The monoisotopic (exact) mass is 247 g/mol. The number of H-pyrrole nitrogens is 1. The van der Waals surface area contributed by atoms with E-state index in [1.54, 1.807) is 6.21 Å². The number of carbonyl (C=O) groups excluding carboxylic acids is 1. The highest BCUT2D eigenvalue weighted by Gasteiger charge is 2.04. The van der Waals surface area contributed by atoms with E-state index in [9.17, 15) is 4.79 Å². The van der Waals surface area contributed by atoms with E-state index in [2.05, 4.69) is 25.7 Å². The summed E-state index contributed by atoms with van der Waals surface area (Å²) in [5.74, 6) is 0. The Bertz CT molecular complexity index is 497. The molecule has 1 heterocycles. The molecule has 0 aliphatic heterocycles. The summed E-state index contributed by atoms with van der Waals surface area (Å²) in [5.41, 5.74) is 3.29. The van der Waals surface area contributed by atoms with Gasteiger partial charge in [0, 0.05) is 11.8 Å². The van der Waals surface area contributed by atoms with Crippen molar-refractivity contribution >= 4 is 23.2 Å². The van der Waals surface area contributed by atoms with Crippen molar-refractivity contribution in [1.29, 1.82) is 0 Å². The van der Waals surface area contributed by atoms with E-state index in [1.165, 1.54) is 6.33 Å². The zero-order valence-electron chi connectivity index (χ0n) is 8.70. The van der Waals surface area contributed by atoms with Gasteiger partial charge in [-0.25, -0.2) is 10.4 Å². The van der Waals surface area contributed by atoms with Crippen LogP contribution >= 0.6 is 11.8 Å². The smallest absolute Gasteiger partial charge is 0.259 e. The average Bonchev–Trinajstić information content (AvgIpc) is 2.83. The van der Waals surface area contributed by atoms with Crippen LogP contribution in [-0.4, -0.2) is 26.6 Å². The van der Waals surface area contributed by atoms with Gasteiger partial charge in [-0.1, -0.05) is 30.3 Å². The van der Waals surface area contributed by atoms with Crippen LogP contribution in [0.1, 0.15) is 5.56 Å². The van der Waals surface area contributed by atoms with Crippen LogP contribution in [0.4, 0.5) is 4.79 Å². The summed E-state index contributed by atoms with van der Waals surface area (Å²) < 4.78 is 0. The van der Waals surface area contributed by atoms with Crippen molar-refractivity contribution in [2.24, 2.45) is 5.10 Å². The predicted molar refractivity (Wildman–Crippen MR) is 64.8 cm³/mol. The summed E-state index contributed by atoms with van der Waals surface area (Å²) in [4.78, 5) is 15.2. The van der Waals surface area contributed by atoms with E-state index in [0.29, 0.717) is 5.16 Å². The molecule has 6 nitrogen and oxygen atoms in total. The molecule has 2 aromatic rings. The van der Waals surface area contributed by atoms with Crippen LogP contribution < -0.4 is 5.43 Å². The lowest BCUT2D eigenvalue weighted by atomic mass is 10.2. The van der Waals surface area contributed by atoms with Crippen LogP contribution in [0.5, 0.6) is 0 Å². The quantitative estimate of drug-likeness (QED) is 0.490. The van der Waals surface area contributed by atoms with Gasteiger partial charge in [0.1, 0.15) is 6.33 Å². The Kier molecular flexibility index (Phi) is 3.87. The Balaban J connectivity index is 1.82. The van der Waals surface area contributed by atoms with Crippen molar-refractivity contribution in [3.05, 3.63) is 42.2 Å². The van der Waals surface area contributed by atoms with Gasteiger partial charge in [-0.2, -0.15) is 10.2 Å². The van der Waals surface area contributed by atoms with Crippen molar-refractivity contribution < 1.29 is 4.79 Å². The lowest BCUT2D eigenvalue weighted by Gasteiger charge is -1.95. The summed E-state index contributed by atoms with van der Waals surface area (Å²) >= 11 is 0.892. The van der Waals surface area contributed by atoms with Crippen LogP contribution in [-0.2, 0) is 0 Å². The first kappa shape index (κ1) is 11.3. The summed E-state index contributed by atoms with van der Waals surface area (Å²) in [5, 5.41) is 10.1. The van der Waals surface area contributed by atoms with E-state index in [-0.39, 0.29) is 5.24 Å². The maximum absolute atomic E-state index is 11.4. The topological polar surface area (TPSA) is 83.0 Å². The Morgan fingerprint density at radius 2 is 2.24 bits per heavy atom. The summed E-state index contributed by atoms with van der Waals surface area (Å²) in [6.07, 6.45) is 2.90. The van der Waals surface area contributed by atoms with Crippen LogP contribution in [0.25, 0.3) is 0 Å². The number of thioether (sulfide) groups is 1. The molecule has 17 heavy (non-hydrogen) atoms. The molecule has 2 rings (SSSR count). The number of amides is 1. The number of nitrogens with zero attached hydrogens (tertiary/aromatic N) is 3. The highest BCUT2D eigenvalue weighted by molar-refractivity contribution is 8.13. The number of hydrogen-bond acceptors (Lipinski definition) is 5. The third kappa shape index (κ3) is 3.72. The van der Waals surface area contributed by atoms with E-state index in [0.717, 1.165) is 17.3 Å². The molecule has 7 heteroatoms. The summed E-state index contributed by atoms with van der Waals surface area (Å²) in [7, 11) is 0. The molecule has 0 saturated heterocycles. The minimum absolute atomic E-state index is 0.325. The zero-order valence-corrected chi connectivity index (χ0v) is 9.52. The SMILES string of the molecule is O=C(N/N=C\c1ccccc1)Sc1ncn[nH]1. The molecule has 86 valence electrons. The molecule has 0 spiro atoms. The van der Waals surface area contributed by atoms with E-state index < -0.39 is 0 Å². The fraction of sp³-hybridized carbons (Fsp3) is 0. The largest absolute Gasteiger partial charge is 0.306 e. The molecule has 1 amide bonds. The number of aromatic nitrogens is 3. The Morgan fingerprint density at radius 3 is 2.94 bits per heavy atom. The predicted octanol–water partition coefficient (Wildman–Crippen LogP) is 1.64. The minimum Gasteiger partial charge on any atom is -0.259 e. The zero-order chi connectivity index (χ0) is 11.9. The van der Waals surface area contributed by atoms with E-state index in [4.69, 9.17) is 0 Å². The fourth-order valence-corrected chi connectivity index (χ4v) is 1.52. The Labute approximate surface area is 102 Å². The Morgan fingerprint density at radius 1 is 1.41 bits per heavy atom. The third-order valence-electron chi connectivity index (χ3n) is 1.75. The van der Waals surface area contributed by atoms with Gasteiger partial charge >= 0.3 is 5.24 Å². The normalized spacial score (nSPS) is 10.6. The molecule has 1 aromatic heterocycles. The standard InChI is InChI=1S/C10H9N5OS/c16-10(17-9-11-7-13-14-9)15-12-6-8-4-2-1-3-5-8/h1-7H,(H,15,16)(H,11,13,14)/b12-6-. The highest BCUT2D eigenvalue weighted by atomic mass is 32.2. The first-order valence-corrected chi connectivity index (χ1v) is 5.57. The van der Waals surface area contributed by atoms with E-state index >= 15 is 0 Å². The van der Waals surface area contributed by atoms with Crippen molar-refractivity contribution in [1.82, 2.24) is 20.6 Å². The molecular weight excluding hydrogens is 238 g/mol. The Hall–Kier alpha value is -2.15. The second-order valence-electron chi connectivity index (χ2n) is 2.96. The van der Waals surface area contributed by atoms with Gasteiger partial charge in [-0.05, 0) is 5.56 Å². The van der Waals surface area contributed by atoms with Crippen LogP contribution in [0, 0.1) is 0 Å². The number of rotatable bonds is 3. The average molecular weight is 247 g/mol. The van der Waals surface area contributed by atoms with Crippen LogP contribution in [0.3, 0.4) is 0 Å². The lowest BCUT2D eigenvalue weighted by Crippen LogP contribution is -2.11. The number of hydrazone groups is 1. The van der Waals surface area contributed by atoms with Crippen LogP contribution in [0.15, 0.2) is 46.9 Å². The molecule has 0 aliphatic carbocycles. The molecule has 0 saturated carbocycles. The van der Waals surface area contributed by atoms with E-state index in [1.807, 2.05) is 30.3 Å². The number of nitrogens with one attached hydrogen (secondary N) is 2. The van der Waals surface area contributed by atoms with Gasteiger partial charge in [0.05, 0.1) is 6.21 Å². The number of hydrogen-bond donors (Lipinski definition) is 2. The molecular formula is C10H9N5OS. The van der Waals surface area contributed by atoms with Crippen molar-refractivity contribution in [2.75, 3.05) is 0 Å². The second-order valence-corrected chi connectivity index (χ2v) is 3.92. The minimum atomic E-state index is -0.325. The molecule has 0 radical (unpaired) electrons. The molecule has 0 unspecified atom stereocenters. The van der Waals surface area contributed by atoms with Gasteiger partial charge < -0.3 is 0 Å². The van der Waals surface area contributed by atoms with Crippen molar-refractivity contribution in [2.45, 2.75) is 5.16 Å². The number of benzene rings is 1. The first-order valence-electron chi connectivity index (χ1n) is 4.76. The van der Waals surface area contributed by atoms with Gasteiger partial charge in [-0.15, -0.1) is 0 Å². The highest BCUT2D eigenvalue weighted by Crippen LogP contribution is 2.10. The fourth-order valence-electron chi connectivity index (χ4n) is 1.05. The molecule has 0 fully saturated rings. The summed E-state index contributed by atoms with van der Waals surface area (Å²) in [6.45, 7) is 0. The first-order chi connectivity index (χ1) is 8.34. The van der Waals surface area contributed by atoms with Crippen molar-refractivity contribution in [3.8, 4) is 0 Å². The summed E-state index contributed by atoms with van der Waals surface area (Å²) in [6, 6.07) is 9.48. The molecule has 0 bridgehead atoms. The second kappa shape index (κ2) is 5.80. The maximum atomic E-state index is 11.4. The molecule has 2 N–H and O–H groups in total. The third-order valence-corrected chi connectivity index (χ3v) is 2.42. The van der Waals surface area contributed by atoms with Crippen LogP contribution in [0.2, 0.25) is 0 Å². The molecule has 1 aromatic carbocycles. The van der Waals surface area contributed by atoms with Gasteiger partial charge in [0.2, 0.25) is 0 Å². The van der Waals surface area contributed by atoms with Crippen molar-refractivity contribution in [3.63, 3.8) is 0 Å². The lowest BCUT2D eigenvalue weighted by molar-refractivity contribution is 0.261. The van der Waals surface area contributed by atoms with Gasteiger partial charge in [-0.3, -0.25) is 9.89 Å². The molecule has 0 atom stereocenters.